The third-order valence-electron chi connectivity index (χ3n) is 2.72. The molecule has 21 heavy (non-hydrogen) atoms. The summed E-state index contributed by atoms with van der Waals surface area (Å²) in [4.78, 5) is 11.3. The van der Waals surface area contributed by atoms with Gasteiger partial charge in [0.2, 0.25) is 0 Å². The van der Waals surface area contributed by atoms with Crippen molar-refractivity contribution in [3.8, 4) is 23.0 Å². The van der Waals surface area contributed by atoms with Crippen LogP contribution >= 0.6 is 15.9 Å². The van der Waals surface area contributed by atoms with Crippen molar-refractivity contribution in [1.82, 2.24) is 0 Å². The molecule has 0 saturated heterocycles. The molecule has 0 unspecified atom stereocenters. The summed E-state index contributed by atoms with van der Waals surface area (Å²) in [7, 11) is 3.06. The average molecular weight is 353 g/mol. The molecule has 0 aliphatic heterocycles. The molecule has 0 atom stereocenters. The minimum atomic E-state index is -1.07. The predicted molar refractivity (Wildman–Crippen MR) is 80.7 cm³/mol. The first kappa shape index (κ1) is 15.2. The Morgan fingerprint density at radius 1 is 1.00 bits per heavy atom. The number of methoxy groups -OCH3 is 2. The molecule has 0 spiro atoms. The summed E-state index contributed by atoms with van der Waals surface area (Å²) in [5, 5.41) is 9.22. The monoisotopic (exact) mass is 352 g/mol. The normalized spacial score (nSPS) is 10.0. The summed E-state index contributed by atoms with van der Waals surface area (Å²) in [5.74, 6) is 0.704. The van der Waals surface area contributed by atoms with Crippen LogP contribution in [-0.4, -0.2) is 25.3 Å². The molecule has 0 fully saturated rings. The van der Waals surface area contributed by atoms with Gasteiger partial charge in [0.15, 0.2) is 0 Å². The SMILES string of the molecule is COc1cc(OC)cc(Oc2ccc(Br)cc2C(=O)O)c1. The molecule has 2 rings (SSSR count). The lowest BCUT2D eigenvalue weighted by Gasteiger charge is -2.12. The summed E-state index contributed by atoms with van der Waals surface area (Å²) in [5.41, 5.74) is 0.0613. The second-order valence-electron chi connectivity index (χ2n) is 4.10. The molecule has 0 aliphatic rings. The van der Waals surface area contributed by atoms with Gasteiger partial charge in [-0.2, -0.15) is 0 Å². The van der Waals surface area contributed by atoms with E-state index in [9.17, 15) is 9.90 Å². The molecule has 2 aromatic carbocycles. The van der Waals surface area contributed by atoms with E-state index in [4.69, 9.17) is 14.2 Å². The number of ether oxygens (including phenoxy) is 3. The zero-order chi connectivity index (χ0) is 15.4. The van der Waals surface area contributed by atoms with E-state index in [1.165, 1.54) is 20.3 Å². The van der Waals surface area contributed by atoms with Crippen LogP contribution in [0.4, 0.5) is 0 Å². The fourth-order valence-electron chi connectivity index (χ4n) is 1.73. The summed E-state index contributed by atoms with van der Waals surface area (Å²) in [6.45, 7) is 0. The van der Waals surface area contributed by atoms with Gasteiger partial charge in [0.1, 0.15) is 28.6 Å². The molecule has 0 heterocycles. The molecule has 110 valence electrons. The average Bonchev–Trinajstić information content (AvgIpc) is 2.48. The first-order valence-electron chi connectivity index (χ1n) is 5.97. The Bertz CT molecular complexity index is 647. The smallest absolute Gasteiger partial charge is 0.339 e. The first-order chi connectivity index (χ1) is 10.0. The molecule has 2 aromatic rings. The number of hydrogen-bond acceptors (Lipinski definition) is 4. The lowest BCUT2D eigenvalue weighted by Crippen LogP contribution is -2.00. The van der Waals surface area contributed by atoms with Gasteiger partial charge in [-0.3, -0.25) is 0 Å². The molecule has 0 amide bonds. The number of hydrogen-bond donors (Lipinski definition) is 1. The van der Waals surface area contributed by atoms with Gasteiger partial charge >= 0.3 is 5.97 Å². The van der Waals surface area contributed by atoms with Crippen molar-refractivity contribution in [3.63, 3.8) is 0 Å². The van der Waals surface area contributed by atoms with Crippen molar-refractivity contribution in [1.29, 1.82) is 0 Å². The Kier molecular flexibility index (Phi) is 4.70. The third-order valence-corrected chi connectivity index (χ3v) is 3.22. The maximum absolute atomic E-state index is 11.3. The van der Waals surface area contributed by atoms with E-state index in [2.05, 4.69) is 15.9 Å². The topological polar surface area (TPSA) is 65.0 Å². The van der Waals surface area contributed by atoms with Crippen LogP contribution in [0, 0.1) is 0 Å². The summed E-state index contributed by atoms with van der Waals surface area (Å²) in [6, 6.07) is 9.77. The van der Waals surface area contributed by atoms with Crippen molar-refractivity contribution in [2.75, 3.05) is 14.2 Å². The quantitative estimate of drug-likeness (QED) is 0.882. The Morgan fingerprint density at radius 3 is 2.10 bits per heavy atom. The standard InChI is InChI=1S/C15H13BrO5/c1-19-10-6-11(20-2)8-12(7-10)21-14-4-3-9(16)5-13(14)15(17)18/h3-8H,1-2H3,(H,17,18). The van der Waals surface area contributed by atoms with Gasteiger partial charge in [-0.1, -0.05) is 15.9 Å². The zero-order valence-corrected chi connectivity index (χ0v) is 13.0. The van der Waals surface area contributed by atoms with Gasteiger partial charge in [0.25, 0.3) is 0 Å². The number of rotatable bonds is 5. The Balaban J connectivity index is 2.40. The van der Waals surface area contributed by atoms with Crippen molar-refractivity contribution in [2.24, 2.45) is 0 Å². The molecule has 0 saturated carbocycles. The van der Waals surface area contributed by atoms with Gasteiger partial charge in [0, 0.05) is 22.7 Å². The summed E-state index contributed by atoms with van der Waals surface area (Å²) in [6.07, 6.45) is 0. The largest absolute Gasteiger partial charge is 0.496 e. The molecule has 6 heteroatoms. The van der Waals surface area contributed by atoms with Gasteiger partial charge in [0.05, 0.1) is 14.2 Å². The number of carbonyl (C=O) groups is 1. The summed E-state index contributed by atoms with van der Waals surface area (Å²) < 4.78 is 16.6. The molecule has 0 radical (unpaired) electrons. The molecule has 0 bridgehead atoms. The van der Waals surface area contributed by atoms with Gasteiger partial charge in [-0.25, -0.2) is 4.79 Å². The highest BCUT2D eigenvalue weighted by atomic mass is 79.9. The van der Waals surface area contributed by atoms with Crippen molar-refractivity contribution in [2.45, 2.75) is 0 Å². The Hall–Kier alpha value is -2.21. The fraction of sp³-hybridized carbons (Fsp3) is 0.133. The molecule has 0 aliphatic carbocycles. The van der Waals surface area contributed by atoms with Crippen LogP contribution in [0.5, 0.6) is 23.0 Å². The maximum atomic E-state index is 11.3. The van der Waals surface area contributed by atoms with Gasteiger partial charge < -0.3 is 19.3 Å². The van der Waals surface area contributed by atoms with Crippen LogP contribution in [0.25, 0.3) is 0 Å². The highest BCUT2D eigenvalue weighted by molar-refractivity contribution is 9.10. The van der Waals surface area contributed by atoms with E-state index >= 15 is 0 Å². The van der Waals surface area contributed by atoms with Crippen LogP contribution in [0.1, 0.15) is 10.4 Å². The minimum absolute atomic E-state index is 0.0613. The van der Waals surface area contributed by atoms with E-state index in [1.54, 1.807) is 30.3 Å². The van der Waals surface area contributed by atoms with Crippen molar-refractivity contribution < 1.29 is 24.1 Å². The Morgan fingerprint density at radius 2 is 1.57 bits per heavy atom. The number of carboxylic acid groups (broad SMARTS) is 1. The Labute approximate surface area is 130 Å². The summed E-state index contributed by atoms with van der Waals surface area (Å²) >= 11 is 3.24. The van der Waals surface area contributed by atoms with E-state index in [1.807, 2.05) is 0 Å². The molecule has 1 N–H and O–H groups in total. The number of halogens is 1. The van der Waals surface area contributed by atoms with Gasteiger partial charge in [-0.05, 0) is 18.2 Å². The molecule has 0 aromatic heterocycles. The van der Waals surface area contributed by atoms with Crippen LogP contribution in [0.3, 0.4) is 0 Å². The van der Waals surface area contributed by atoms with Crippen molar-refractivity contribution >= 4 is 21.9 Å². The second-order valence-corrected chi connectivity index (χ2v) is 5.01. The second kappa shape index (κ2) is 6.49. The number of carboxylic acids is 1. The van der Waals surface area contributed by atoms with Gasteiger partial charge in [-0.15, -0.1) is 0 Å². The highest BCUT2D eigenvalue weighted by Gasteiger charge is 2.13. The maximum Gasteiger partial charge on any atom is 0.339 e. The van der Waals surface area contributed by atoms with Crippen LogP contribution in [0.15, 0.2) is 40.9 Å². The lowest BCUT2D eigenvalue weighted by molar-refractivity contribution is 0.0694. The third kappa shape index (κ3) is 3.66. The van der Waals surface area contributed by atoms with Crippen molar-refractivity contribution in [3.05, 3.63) is 46.4 Å². The minimum Gasteiger partial charge on any atom is -0.496 e. The number of benzene rings is 2. The van der Waals surface area contributed by atoms with E-state index < -0.39 is 5.97 Å². The molecular formula is C15H13BrO5. The highest BCUT2D eigenvalue weighted by Crippen LogP contribution is 2.33. The predicted octanol–water partition coefficient (Wildman–Crippen LogP) is 3.96. The molecule has 5 nitrogen and oxygen atoms in total. The molecular weight excluding hydrogens is 340 g/mol. The number of aromatic carboxylic acids is 1. The first-order valence-corrected chi connectivity index (χ1v) is 6.76. The van der Waals surface area contributed by atoms with Crippen LogP contribution < -0.4 is 14.2 Å². The van der Waals surface area contributed by atoms with E-state index in [-0.39, 0.29) is 11.3 Å². The van der Waals surface area contributed by atoms with E-state index in [0.717, 1.165) is 0 Å². The van der Waals surface area contributed by atoms with E-state index in [0.29, 0.717) is 21.7 Å². The fourth-order valence-corrected chi connectivity index (χ4v) is 2.09. The lowest BCUT2D eigenvalue weighted by atomic mass is 10.2. The zero-order valence-electron chi connectivity index (χ0n) is 11.4. The van der Waals surface area contributed by atoms with Crippen LogP contribution in [-0.2, 0) is 0 Å². The van der Waals surface area contributed by atoms with Crippen LogP contribution in [0.2, 0.25) is 0 Å².